The maximum Gasteiger partial charge on any atom is 0.227 e. The first-order valence-electron chi connectivity index (χ1n) is 10.2. The van der Waals surface area contributed by atoms with E-state index in [1.165, 1.54) is 5.56 Å². The van der Waals surface area contributed by atoms with Crippen LogP contribution in [0.2, 0.25) is 0 Å². The summed E-state index contributed by atoms with van der Waals surface area (Å²) < 4.78 is 0. The Bertz CT molecular complexity index is 972. The Balaban J connectivity index is 1.36. The number of hydrogen-bond acceptors (Lipinski definition) is 8. The summed E-state index contributed by atoms with van der Waals surface area (Å²) in [7, 11) is 4.01. The highest BCUT2D eigenvalue weighted by Gasteiger charge is 2.20. The first-order valence-corrected chi connectivity index (χ1v) is 10.2. The molecule has 30 heavy (non-hydrogen) atoms. The van der Waals surface area contributed by atoms with Crippen molar-refractivity contribution in [3.8, 4) is 0 Å². The van der Waals surface area contributed by atoms with Crippen molar-refractivity contribution in [1.29, 1.82) is 0 Å². The van der Waals surface area contributed by atoms with Crippen LogP contribution in [-0.4, -0.2) is 70.3 Å². The van der Waals surface area contributed by atoms with Crippen molar-refractivity contribution in [3.05, 3.63) is 47.4 Å². The van der Waals surface area contributed by atoms with Gasteiger partial charge in [0.25, 0.3) is 0 Å². The Hall–Kier alpha value is -3.20. The molecule has 3 aromatic rings. The largest absolute Gasteiger partial charge is 0.363 e. The van der Waals surface area contributed by atoms with Gasteiger partial charge in [-0.2, -0.15) is 10.1 Å². The highest BCUT2D eigenvalue weighted by molar-refractivity contribution is 5.54. The zero-order valence-corrected chi connectivity index (χ0v) is 18.1. The van der Waals surface area contributed by atoms with E-state index in [9.17, 15) is 0 Å². The molecule has 0 spiro atoms. The predicted octanol–water partition coefficient (Wildman–Crippen LogP) is 2.34. The number of nitrogens with one attached hydrogen (secondary N) is 2. The highest BCUT2D eigenvalue weighted by Crippen LogP contribution is 2.19. The van der Waals surface area contributed by atoms with Crippen molar-refractivity contribution < 1.29 is 0 Å². The molecule has 4 rings (SSSR count). The van der Waals surface area contributed by atoms with Crippen LogP contribution in [0.1, 0.15) is 17.0 Å². The molecule has 0 bridgehead atoms. The Labute approximate surface area is 177 Å². The number of rotatable bonds is 6. The number of H-pyrrole nitrogens is 1. The number of aryl methyl sites for hydroxylation is 2. The van der Waals surface area contributed by atoms with E-state index in [0.29, 0.717) is 0 Å². The Morgan fingerprint density at radius 3 is 2.47 bits per heavy atom. The first-order chi connectivity index (χ1) is 14.5. The summed E-state index contributed by atoms with van der Waals surface area (Å²) in [6.07, 6.45) is 1.97. The second-order valence-corrected chi connectivity index (χ2v) is 7.94. The Morgan fingerprint density at radius 1 is 1.03 bits per heavy atom. The van der Waals surface area contributed by atoms with Crippen molar-refractivity contribution in [2.24, 2.45) is 0 Å². The van der Waals surface area contributed by atoms with Gasteiger partial charge in [0.05, 0.1) is 0 Å². The number of aromatic amines is 1. The Morgan fingerprint density at radius 2 is 1.83 bits per heavy atom. The number of piperazine rings is 1. The average molecular weight is 408 g/mol. The van der Waals surface area contributed by atoms with Gasteiger partial charge in [-0.3, -0.25) is 10.00 Å². The molecule has 9 nitrogen and oxygen atoms in total. The van der Waals surface area contributed by atoms with Gasteiger partial charge in [0.1, 0.15) is 11.6 Å². The van der Waals surface area contributed by atoms with Crippen LogP contribution in [-0.2, 0) is 6.54 Å². The number of aromatic nitrogens is 5. The first kappa shape index (κ1) is 20.1. The normalized spacial score (nSPS) is 14.7. The van der Waals surface area contributed by atoms with Crippen molar-refractivity contribution in [2.75, 3.05) is 55.4 Å². The molecule has 0 saturated carbocycles. The van der Waals surface area contributed by atoms with Gasteiger partial charge in [0.2, 0.25) is 5.95 Å². The fourth-order valence-corrected chi connectivity index (χ4v) is 3.51. The van der Waals surface area contributed by atoms with Crippen LogP contribution in [0.4, 0.5) is 23.4 Å². The Kier molecular flexibility index (Phi) is 5.80. The molecule has 4 heterocycles. The van der Waals surface area contributed by atoms with Crippen LogP contribution >= 0.6 is 0 Å². The standard InChI is InChI=1S/C21H29N9/c1-15-11-18(24-19-12-16(2)26-27-19)25-21(23-15)30-9-7-29(8-10-30)14-17-5-6-20(22-13-17)28(3)4/h5-6,11-13H,7-10,14H2,1-4H3,(H2,23,24,25,26,27). The molecular weight excluding hydrogens is 378 g/mol. The number of anilines is 4. The summed E-state index contributed by atoms with van der Waals surface area (Å²) in [5.41, 5.74) is 3.18. The second-order valence-electron chi connectivity index (χ2n) is 7.94. The zero-order valence-electron chi connectivity index (χ0n) is 18.1. The summed E-state index contributed by atoms with van der Waals surface area (Å²) in [4.78, 5) is 20.6. The SMILES string of the molecule is Cc1cc(Nc2cc(C)[nH]n2)nc(N2CCN(Cc3ccc(N(C)C)nc3)CC2)n1. The lowest BCUT2D eigenvalue weighted by Gasteiger charge is -2.34. The van der Waals surface area contributed by atoms with Gasteiger partial charge < -0.3 is 15.1 Å². The molecule has 1 aliphatic rings. The van der Waals surface area contributed by atoms with Crippen LogP contribution in [0.25, 0.3) is 0 Å². The molecule has 9 heteroatoms. The lowest BCUT2D eigenvalue weighted by Crippen LogP contribution is -2.46. The van der Waals surface area contributed by atoms with Gasteiger partial charge in [0, 0.05) is 76.5 Å². The molecule has 0 amide bonds. The minimum absolute atomic E-state index is 0.760. The maximum atomic E-state index is 4.71. The van der Waals surface area contributed by atoms with Crippen LogP contribution in [0.15, 0.2) is 30.5 Å². The lowest BCUT2D eigenvalue weighted by atomic mass is 10.2. The van der Waals surface area contributed by atoms with Gasteiger partial charge in [-0.05, 0) is 25.5 Å². The summed E-state index contributed by atoms with van der Waals surface area (Å²) in [6.45, 7) is 8.60. The number of pyridine rings is 1. The van der Waals surface area contributed by atoms with E-state index < -0.39 is 0 Å². The molecule has 0 aromatic carbocycles. The van der Waals surface area contributed by atoms with Gasteiger partial charge in [-0.25, -0.2) is 9.97 Å². The van der Waals surface area contributed by atoms with E-state index in [2.05, 4.69) is 47.4 Å². The fourth-order valence-electron chi connectivity index (χ4n) is 3.51. The second kappa shape index (κ2) is 8.66. The molecule has 2 N–H and O–H groups in total. The van der Waals surface area contributed by atoms with E-state index in [-0.39, 0.29) is 0 Å². The van der Waals surface area contributed by atoms with Gasteiger partial charge >= 0.3 is 0 Å². The van der Waals surface area contributed by atoms with Crippen molar-refractivity contribution in [2.45, 2.75) is 20.4 Å². The molecule has 158 valence electrons. The van der Waals surface area contributed by atoms with Crippen molar-refractivity contribution in [1.82, 2.24) is 30.0 Å². The molecule has 3 aromatic heterocycles. The molecule has 0 aliphatic carbocycles. The number of nitrogens with zero attached hydrogens (tertiary/aromatic N) is 7. The third-order valence-corrected chi connectivity index (χ3v) is 5.13. The van der Waals surface area contributed by atoms with Crippen LogP contribution in [0.3, 0.4) is 0 Å². The third-order valence-electron chi connectivity index (χ3n) is 5.13. The molecule has 0 unspecified atom stereocenters. The molecule has 1 saturated heterocycles. The zero-order chi connectivity index (χ0) is 21.1. The van der Waals surface area contributed by atoms with E-state index >= 15 is 0 Å². The topological polar surface area (TPSA) is 89.1 Å². The van der Waals surface area contributed by atoms with E-state index in [1.54, 1.807) is 0 Å². The summed E-state index contributed by atoms with van der Waals surface area (Å²) in [6, 6.07) is 8.12. The smallest absolute Gasteiger partial charge is 0.227 e. The minimum Gasteiger partial charge on any atom is -0.363 e. The van der Waals surface area contributed by atoms with Crippen molar-refractivity contribution >= 4 is 23.4 Å². The van der Waals surface area contributed by atoms with E-state index in [0.717, 1.165) is 67.5 Å². The predicted molar refractivity (Wildman–Crippen MR) is 119 cm³/mol. The quantitative estimate of drug-likeness (QED) is 0.644. The monoisotopic (exact) mass is 407 g/mol. The maximum absolute atomic E-state index is 4.71. The average Bonchev–Trinajstić information content (AvgIpc) is 3.13. The number of hydrogen-bond donors (Lipinski definition) is 2. The minimum atomic E-state index is 0.760. The summed E-state index contributed by atoms with van der Waals surface area (Å²) in [5.74, 6) is 3.27. The summed E-state index contributed by atoms with van der Waals surface area (Å²) >= 11 is 0. The molecule has 1 aliphatic heterocycles. The third kappa shape index (κ3) is 4.85. The van der Waals surface area contributed by atoms with Gasteiger partial charge in [0.15, 0.2) is 5.82 Å². The van der Waals surface area contributed by atoms with E-state index in [4.69, 9.17) is 4.98 Å². The lowest BCUT2D eigenvalue weighted by molar-refractivity contribution is 0.248. The highest BCUT2D eigenvalue weighted by atomic mass is 15.3. The van der Waals surface area contributed by atoms with Gasteiger partial charge in [-0.1, -0.05) is 6.07 Å². The molecular formula is C21H29N9. The van der Waals surface area contributed by atoms with Gasteiger partial charge in [-0.15, -0.1) is 0 Å². The summed E-state index contributed by atoms with van der Waals surface area (Å²) in [5, 5.41) is 10.4. The molecule has 1 fully saturated rings. The van der Waals surface area contributed by atoms with Crippen molar-refractivity contribution in [3.63, 3.8) is 0 Å². The fraction of sp³-hybridized carbons (Fsp3) is 0.429. The van der Waals surface area contributed by atoms with Crippen LogP contribution < -0.4 is 15.1 Å². The molecule has 0 atom stereocenters. The van der Waals surface area contributed by atoms with Crippen LogP contribution in [0.5, 0.6) is 0 Å². The van der Waals surface area contributed by atoms with Crippen LogP contribution in [0, 0.1) is 13.8 Å². The molecule has 0 radical (unpaired) electrons. The van der Waals surface area contributed by atoms with E-state index in [1.807, 2.05) is 51.2 Å².